The molecule has 1 aromatic rings. The second-order valence-electron chi connectivity index (χ2n) is 6.24. The van der Waals surface area contributed by atoms with Crippen LogP contribution in [0.4, 0.5) is 13.2 Å². The summed E-state index contributed by atoms with van der Waals surface area (Å²) in [5.74, 6) is 0.983. The Hall–Kier alpha value is -1.03. The first kappa shape index (κ1) is 18.0. The Kier molecular flexibility index (Phi) is 6.72. The minimum absolute atomic E-state index is 0.594. The molecule has 0 bridgehead atoms. The molecule has 2 rings (SSSR count). The van der Waals surface area contributed by atoms with Crippen LogP contribution in [0.15, 0.2) is 24.3 Å². The van der Waals surface area contributed by atoms with Gasteiger partial charge in [0.15, 0.2) is 0 Å². The smallest absolute Gasteiger partial charge is 0.306 e. The van der Waals surface area contributed by atoms with Gasteiger partial charge in [-0.1, -0.05) is 24.6 Å². The number of alkyl halides is 3. The molecule has 0 aromatic heterocycles. The van der Waals surface area contributed by atoms with Gasteiger partial charge in [-0.3, -0.25) is 0 Å². The highest BCUT2D eigenvalue weighted by Crippen LogP contribution is 2.28. The number of hydrogen-bond donors (Lipinski definition) is 0. The van der Waals surface area contributed by atoms with Crippen LogP contribution in [0, 0.1) is 12.8 Å². The van der Waals surface area contributed by atoms with Gasteiger partial charge in [0.2, 0.25) is 0 Å². The van der Waals surface area contributed by atoms with E-state index in [2.05, 4.69) is 25.9 Å². The Morgan fingerprint density at radius 3 is 1.81 bits per heavy atom. The topological polar surface area (TPSA) is 3.24 Å². The van der Waals surface area contributed by atoms with Gasteiger partial charge >= 0.3 is 6.18 Å². The fraction of sp³-hybridized carbons (Fsp3) is 0.647. The summed E-state index contributed by atoms with van der Waals surface area (Å²) in [7, 11) is 4.39. The molecule has 0 amide bonds. The van der Waals surface area contributed by atoms with Crippen LogP contribution in [-0.4, -0.2) is 25.0 Å². The van der Waals surface area contributed by atoms with E-state index >= 15 is 0 Å². The number of hydrogen-bond acceptors (Lipinski definition) is 1. The Morgan fingerprint density at radius 2 is 1.43 bits per heavy atom. The number of aryl methyl sites for hydroxylation is 1. The van der Waals surface area contributed by atoms with E-state index in [-0.39, 0.29) is 0 Å². The summed E-state index contributed by atoms with van der Waals surface area (Å²) in [5, 5.41) is 0. The van der Waals surface area contributed by atoms with E-state index in [9.17, 15) is 13.2 Å². The molecule has 1 aromatic carbocycles. The van der Waals surface area contributed by atoms with Crippen molar-refractivity contribution in [3.63, 3.8) is 0 Å². The fourth-order valence-electron chi connectivity index (χ4n) is 2.50. The first-order chi connectivity index (χ1) is 9.70. The maximum absolute atomic E-state index is 11.9. The predicted octanol–water partition coefficient (Wildman–Crippen LogP) is 5.14. The Morgan fingerprint density at radius 1 is 0.952 bits per heavy atom. The largest absolute Gasteiger partial charge is 0.416 e. The molecule has 1 fully saturated rings. The van der Waals surface area contributed by atoms with E-state index in [0.717, 1.165) is 29.7 Å². The zero-order chi connectivity index (χ0) is 16.0. The fourth-order valence-corrected chi connectivity index (χ4v) is 2.50. The minimum Gasteiger partial charge on any atom is -0.306 e. The van der Waals surface area contributed by atoms with Crippen LogP contribution in [0.2, 0.25) is 0 Å². The zero-order valence-corrected chi connectivity index (χ0v) is 13.4. The highest BCUT2D eigenvalue weighted by atomic mass is 19.4. The van der Waals surface area contributed by atoms with Gasteiger partial charge in [0.05, 0.1) is 5.56 Å². The molecular weight excluding hydrogens is 275 g/mol. The zero-order valence-electron chi connectivity index (χ0n) is 13.4. The third kappa shape index (κ3) is 6.51. The molecule has 21 heavy (non-hydrogen) atoms. The van der Waals surface area contributed by atoms with Gasteiger partial charge in [-0.2, -0.15) is 13.2 Å². The molecule has 0 radical (unpaired) electrons. The van der Waals surface area contributed by atoms with E-state index in [1.165, 1.54) is 37.8 Å². The molecule has 0 saturated heterocycles. The second kappa shape index (κ2) is 7.83. The molecule has 1 nitrogen and oxygen atoms in total. The van der Waals surface area contributed by atoms with Crippen molar-refractivity contribution in [2.75, 3.05) is 14.1 Å². The van der Waals surface area contributed by atoms with Gasteiger partial charge in [0, 0.05) is 6.04 Å². The molecule has 1 saturated carbocycles. The van der Waals surface area contributed by atoms with Crippen molar-refractivity contribution in [3.05, 3.63) is 35.4 Å². The number of benzene rings is 1. The van der Waals surface area contributed by atoms with Gasteiger partial charge in [-0.15, -0.1) is 0 Å². The summed E-state index contributed by atoms with van der Waals surface area (Å²) in [6.45, 7) is 4.12. The van der Waals surface area contributed by atoms with Crippen molar-refractivity contribution >= 4 is 0 Å². The number of rotatable bonds is 1. The Labute approximate surface area is 126 Å². The summed E-state index contributed by atoms with van der Waals surface area (Å²) in [5.41, 5.74) is 0.237. The highest BCUT2D eigenvalue weighted by molar-refractivity contribution is 5.23. The van der Waals surface area contributed by atoms with Crippen LogP contribution in [0.25, 0.3) is 0 Å². The average Bonchev–Trinajstić information content (AvgIpc) is 2.39. The lowest BCUT2D eigenvalue weighted by atomic mass is 9.87. The molecule has 1 aliphatic rings. The van der Waals surface area contributed by atoms with E-state index < -0.39 is 11.7 Å². The SMILES string of the molecule is CC1CCC(N(C)C)CC1.Cc1ccc(C(F)(F)F)cc1. The van der Waals surface area contributed by atoms with Crippen LogP contribution in [-0.2, 0) is 6.18 Å². The van der Waals surface area contributed by atoms with Crippen LogP contribution < -0.4 is 0 Å². The van der Waals surface area contributed by atoms with Gasteiger partial charge in [0.1, 0.15) is 0 Å². The number of halogens is 3. The van der Waals surface area contributed by atoms with Crippen LogP contribution in [0.3, 0.4) is 0 Å². The predicted molar refractivity (Wildman–Crippen MR) is 81.3 cm³/mol. The lowest BCUT2D eigenvalue weighted by Crippen LogP contribution is -2.31. The third-order valence-corrected chi connectivity index (χ3v) is 4.09. The molecular formula is C17H26F3N. The van der Waals surface area contributed by atoms with Crippen LogP contribution >= 0.6 is 0 Å². The molecule has 0 aliphatic heterocycles. The molecule has 0 heterocycles. The first-order valence-electron chi connectivity index (χ1n) is 7.50. The van der Waals surface area contributed by atoms with Crippen molar-refractivity contribution < 1.29 is 13.2 Å². The summed E-state index contributed by atoms with van der Waals surface area (Å²) < 4.78 is 35.8. The van der Waals surface area contributed by atoms with Gasteiger partial charge in [-0.05, 0) is 64.8 Å². The summed E-state index contributed by atoms with van der Waals surface area (Å²) >= 11 is 0. The normalized spacial score (nSPS) is 22.7. The molecule has 1 aliphatic carbocycles. The monoisotopic (exact) mass is 301 g/mol. The van der Waals surface area contributed by atoms with Crippen molar-refractivity contribution in [1.29, 1.82) is 0 Å². The molecule has 0 atom stereocenters. The quantitative estimate of drug-likeness (QED) is 0.694. The van der Waals surface area contributed by atoms with Gasteiger partial charge < -0.3 is 4.90 Å². The summed E-state index contributed by atoms with van der Waals surface area (Å²) in [6, 6.07) is 5.92. The van der Waals surface area contributed by atoms with Crippen molar-refractivity contribution in [2.24, 2.45) is 5.92 Å². The lowest BCUT2D eigenvalue weighted by molar-refractivity contribution is -0.137. The van der Waals surface area contributed by atoms with Gasteiger partial charge in [0.25, 0.3) is 0 Å². The molecule has 0 N–H and O–H groups in total. The van der Waals surface area contributed by atoms with E-state index in [4.69, 9.17) is 0 Å². The standard InChI is InChI=1S/C9H19N.C8H7F3/c1-8-4-6-9(7-5-8)10(2)3;1-6-2-4-7(5-3-6)8(9,10)11/h8-9H,4-7H2,1-3H3;2-5H,1H3. The third-order valence-electron chi connectivity index (χ3n) is 4.09. The molecule has 120 valence electrons. The van der Waals surface area contributed by atoms with Crippen LogP contribution in [0.1, 0.15) is 43.7 Å². The maximum atomic E-state index is 11.9. The minimum atomic E-state index is -4.21. The lowest BCUT2D eigenvalue weighted by Gasteiger charge is -2.30. The van der Waals surface area contributed by atoms with Crippen LogP contribution in [0.5, 0.6) is 0 Å². The van der Waals surface area contributed by atoms with E-state index in [1.807, 2.05) is 0 Å². The van der Waals surface area contributed by atoms with E-state index in [1.54, 1.807) is 6.92 Å². The second-order valence-corrected chi connectivity index (χ2v) is 6.24. The molecule has 4 heteroatoms. The summed E-state index contributed by atoms with van der Waals surface area (Å²) in [4.78, 5) is 2.37. The van der Waals surface area contributed by atoms with Crippen molar-refractivity contribution in [3.8, 4) is 0 Å². The van der Waals surface area contributed by atoms with Crippen molar-refractivity contribution in [2.45, 2.75) is 51.7 Å². The number of nitrogens with zero attached hydrogens (tertiary/aromatic N) is 1. The summed E-state index contributed by atoms with van der Waals surface area (Å²) in [6.07, 6.45) is 1.47. The average molecular weight is 301 g/mol. The first-order valence-corrected chi connectivity index (χ1v) is 7.50. The Balaban J connectivity index is 0.000000211. The van der Waals surface area contributed by atoms with E-state index in [0.29, 0.717) is 0 Å². The maximum Gasteiger partial charge on any atom is 0.416 e. The molecule has 0 spiro atoms. The van der Waals surface area contributed by atoms with Crippen molar-refractivity contribution in [1.82, 2.24) is 4.90 Å². The molecule has 0 unspecified atom stereocenters. The van der Waals surface area contributed by atoms with Gasteiger partial charge in [-0.25, -0.2) is 0 Å². The Bertz CT molecular complexity index is 401. The highest BCUT2D eigenvalue weighted by Gasteiger charge is 2.29.